The van der Waals surface area contributed by atoms with Crippen LogP contribution in [0.2, 0.25) is 0 Å². The van der Waals surface area contributed by atoms with Gasteiger partial charge in [0.05, 0.1) is 16.9 Å². The van der Waals surface area contributed by atoms with E-state index in [-0.39, 0.29) is 17.5 Å². The molecule has 0 bridgehead atoms. The van der Waals surface area contributed by atoms with Crippen molar-refractivity contribution in [1.82, 2.24) is 4.98 Å². The van der Waals surface area contributed by atoms with Crippen LogP contribution in [0.15, 0.2) is 30.3 Å². The predicted molar refractivity (Wildman–Crippen MR) is 71.2 cm³/mol. The molecular formula is C14H11N2O4-. The third-order valence-corrected chi connectivity index (χ3v) is 3.14. The summed E-state index contributed by atoms with van der Waals surface area (Å²) in [6.45, 7) is 1.98. The zero-order valence-corrected chi connectivity index (χ0v) is 10.7. The van der Waals surface area contributed by atoms with Gasteiger partial charge in [0.25, 0.3) is 0 Å². The first-order valence-corrected chi connectivity index (χ1v) is 6.00. The van der Waals surface area contributed by atoms with E-state index in [1.807, 2.05) is 6.92 Å². The molecule has 0 saturated carbocycles. The van der Waals surface area contributed by atoms with Crippen molar-refractivity contribution < 1.29 is 14.7 Å². The van der Waals surface area contributed by atoms with Gasteiger partial charge >= 0.3 is 5.97 Å². The molecule has 0 saturated heterocycles. The van der Waals surface area contributed by atoms with Gasteiger partial charge in [-0.05, 0) is 30.7 Å². The molecular weight excluding hydrogens is 260 g/mol. The Morgan fingerprint density at radius 1 is 1.40 bits per heavy atom. The van der Waals surface area contributed by atoms with Crippen LogP contribution in [0.1, 0.15) is 21.7 Å². The van der Waals surface area contributed by atoms with Gasteiger partial charge < -0.3 is 15.2 Å². The molecule has 0 unspecified atom stereocenters. The summed E-state index contributed by atoms with van der Waals surface area (Å²) in [5.74, 6) is -0.420. The van der Waals surface area contributed by atoms with Crippen molar-refractivity contribution in [2.75, 3.05) is 5.23 Å². The molecule has 0 spiro atoms. The molecule has 1 aliphatic heterocycles. The minimum atomic E-state index is -0.420. The lowest BCUT2D eigenvalue weighted by atomic mass is 9.98. The van der Waals surface area contributed by atoms with Gasteiger partial charge in [-0.15, -0.1) is 0 Å². The zero-order chi connectivity index (χ0) is 14.3. The summed E-state index contributed by atoms with van der Waals surface area (Å²) >= 11 is 0. The van der Waals surface area contributed by atoms with Crippen LogP contribution in [-0.4, -0.2) is 16.2 Å². The third-order valence-electron chi connectivity index (χ3n) is 3.14. The predicted octanol–water partition coefficient (Wildman–Crippen LogP) is 2.42. The largest absolute Gasteiger partial charge is 0.733 e. The number of hydrogen-bond acceptors (Lipinski definition) is 6. The second kappa shape index (κ2) is 4.59. The van der Waals surface area contributed by atoms with Gasteiger partial charge in [-0.2, -0.15) is 0 Å². The van der Waals surface area contributed by atoms with Crippen LogP contribution < -0.4 is 5.23 Å². The van der Waals surface area contributed by atoms with Crippen LogP contribution in [0.5, 0.6) is 0 Å². The van der Waals surface area contributed by atoms with Gasteiger partial charge in [0.1, 0.15) is 6.61 Å². The molecule has 0 atom stereocenters. The second-order valence-corrected chi connectivity index (χ2v) is 4.53. The molecule has 1 aromatic carbocycles. The highest BCUT2D eigenvalue weighted by Crippen LogP contribution is 2.32. The van der Waals surface area contributed by atoms with Crippen LogP contribution in [0, 0.1) is 12.1 Å². The lowest BCUT2D eigenvalue weighted by Crippen LogP contribution is -2.07. The summed E-state index contributed by atoms with van der Waals surface area (Å²) in [4.78, 5) is 16.1. The summed E-state index contributed by atoms with van der Waals surface area (Å²) < 4.78 is 5.00. The second-order valence-electron chi connectivity index (χ2n) is 4.53. The third kappa shape index (κ3) is 2.01. The standard InChI is InChI=1S/C14H11N2O4/c1-8-5-11(13-12(15-8)7-20-14(13)17)9-3-2-4-10(6-9)16(18)19/h2-6,18H,7H2,1H3/q-1. The minimum Gasteiger partial charge on any atom is -0.733 e. The van der Waals surface area contributed by atoms with E-state index in [4.69, 9.17) is 9.94 Å². The highest BCUT2D eigenvalue weighted by atomic mass is 16.8. The van der Waals surface area contributed by atoms with Crippen LogP contribution in [-0.2, 0) is 11.3 Å². The molecule has 102 valence electrons. The molecule has 1 aliphatic rings. The normalized spacial score (nSPS) is 13.1. The number of hydrogen-bond donors (Lipinski definition) is 1. The fourth-order valence-electron chi connectivity index (χ4n) is 2.30. The lowest BCUT2D eigenvalue weighted by Gasteiger charge is -2.22. The fraction of sp³-hybridized carbons (Fsp3) is 0.143. The number of benzene rings is 1. The van der Waals surface area contributed by atoms with E-state index >= 15 is 0 Å². The van der Waals surface area contributed by atoms with Crippen molar-refractivity contribution in [2.45, 2.75) is 13.5 Å². The van der Waals surface area contributed by atoms with E-state index in [0.29, 0.717) is 22.4 Å². The fourth-order valence-corrected chi connectivity index (χ4v) is 2.30. The number of ether oxygens (including phenoxy) is 1. The summed E-state index contributed by atoms with van der Waals surface area (Å²) in [6.07, 6.45) is 0. The Labute approximate surface area is 114 Å². The van der Waals surface area contributed by atoms with Crippen LogP contribution >= 0.6 is 0 Å². The van der Waals surface area contributed by atoms with E-state index in [2.05, 4.69) is 4.98 Å². The first-order valence-electron chi connectivity index (χ1n) is 6.00. The summed E-state index contributed by atoms with van der Waals surface area (Å²) in [5, 5.41) is 19.7. The maximum Gasteiger partial charge on any atom is 0.341 e. The van der Waals surface area contributed by atoms with E-state index in [1.165, 1.54) is 12.1 Å². The van der Waals surface area contributed by atoms with Crippen molar-refractivity contribution in [3.63, 3.8) is 0 Å². The van der Waals surface area contributed by atoms with E-state index in [1.54, 1.807) is 18.2 Å². The molecule has 20 heavy (non-hydrogen) atoms. The monoisotopic (exact) mass is 271 g/mol. The number of nitrogens with zero attached hydrogens (tertiary/aromatic N) is 2. The average molecular weight is 271 g/mol. The van der Waals surface area contributed by atoms with Crippen molar-refractivity contribution >= 4 is 11.7 Å². The molecule has 1 N–H and O–H groups in total. The molecule has 3 rings (SSSR count). The number of anilines is 1. The maximum absolute atomic E-state index is 11.8. The lowest BCUT2D eigenvalue weighted by molar-refractivity contribution is 0.0534. The number of pyridine rings is 1. The quantitative estimate of drug-likeness (QED) is 0.666. The zero-order valence-electron chi connectivity index (χ0n) is 10.7. The number of cyclic esters (lactones) is 1. The number of esters is 1. The average Bonchev–Trinajstić information content (AvgIpc) is 2.79. The van der Waals surface area contributed by atoms with E-state index < -0.39 is 5.97 Å². The Hall–Kier alpha value is -2.44. The first kappa shape index (κ1) is 12.6. The summed E-state index contributed by atoms with van der Waals surface area (Å²) in [5.41, 5.74) is 3.17. The Kier molecular flexibility index (Phi) is 2.89. The Morgan fingerprint density at radius 3 is 2.95 bits per heavy atom. The highest BCUT2D eigenvalue weighted by molar-refractivity contribution is 6.00. The van der Waals surface area contributed by atoms with Gasteiger partial charge in [0.15, 0.2) is 0 Å². The Bertz CT molecular complexity index is 698. The number of carbonyl (C=O) groups is 1. The SMILES string of the molecule is Cc1cc(-c2cccc(N([O-])O)c2)c2c(n1)COC2=O. The first-order chi connectivity index (χ1) is 9.56. The molecule has 2 heterocycles. The maximum atomic E-state index is 11.8. The molecule has 0 aliphatic carbocycles. The van der Waals surface area contributed by atoms with E-state index in [9.17, 15) is 10.0 Å². The van der Waals surface area contributed by atoms with Crippen LogP contribution in [0.25, 0.3) is 11.1 Å². The molecule has 6 heteroatoms. The molecule has 6 nitrogen and oxygen atoms in total. The number of aromatic nitrogens is 1. The molecule has 0 radical (unpaired) electrons. The van der Waals surface area contributed by atoms with E-state index in [0.717, 1.165) is 5.69 Å². The number of carbonyl (C=O) groups excluding carboxylic acids is 1. The summed E-state index contributed by atoms with van der Waals surface area (Å²) in [7, 11) is 0. The molecule has 0 fully saturated rings. The van der Waals surface area contributed by atoms with Crippen molar-refractivity contribution in [1.29, 1.82) is 0 Å². The van der Waals surface area contributed by atoms with Gasteiger partial charge in [0.2, 0.25) is 0 Å². The Morgan fingerprint density at radius 2 is 2.20 bits per heavy atom. The number of aryl methyl sites for hydroxylation is 1. The van der Waals surface area contributed by atoms with Crippen molar-refractivity contribution in [3.05, 3.63) is 52.5 Å². The highest BCUT2D eigenvalue weighted by Gasteiger charge is 2.27. The van der Waals surface area contributed by atoms with Crippen molar-refractivity contribution in [2.24, 2.45) is 0 Å². The molecule has 1 aromatic heterocycles. The van der Waals surface area contributed by atoms with Gasteiger partial charge in [-0.1, -0.05) is 12.1 Å². The number of fused-ring (bicyclic) bond motifs is 1. The number of rotatable bonds is 2. The van der Waals surface area contributed by atoms with Gasteiger partial charge in [-0.3, -0.25) is 10.2 Å². The van der Waals surface area contributed by atoms with Crippen LogP contribution in [0.3, 0.4) is 0 Å². The van der Waals surface area contributed by atoms with Gasteiger partial charge in [0, 0.05) is 11.3 Å². The Balaban J connectivity index is 2.20. The van der Waals surface area contributed by atoms with Gasteiger partial charge in [-0.25, -0.2) is 4.79 Å². The van der Waals surface area contributed by atoms with Crippen LogP contribution in [0.4, 0.5) is 5.69 Å². The molecule has 0 amide bonds. The van der Waals surface area contributed by atoms with Crippen molar-refractivity contribution in [3.8, 4) is 11.1 Å². The molecule has 2 aromatic rings. The summed E-state index contributed by atoms with van der Waals surface area (Å²) in [6, 6.07) is 8.13. The minimum absolute atomic E-state index is 0.0945. The smallest absolute Gasteiger partial charge is 0.341 e. The topological polar surface area (TPSA) is 85.7 Å².